The lowest BCUT2D eigenvalue weighted by molar-refractivity contribution is 0.920. The van der Waals surface area contributed by atoms with Crippen LogP contribution in [0.3, 0.4) is 0 Å². The number of hydrogen-bond donors (Lipinski definition) is 1. The smallest absolute Gasteiger partial charge is 0.124 e. The molecule has 5 heteroatoms. The zero-order chi connectivity index (χ0) is 12.3. The molecule has 2 rings (SSSR count). The van der Waals surface area contributed by atoms with Crippen LogP contribution in [0.15, 0.2) is 35.2 Å². The quantitative estimate of drug-likeness (QED) is 0.860. The Hall–Kier alpha value is -1.46. The van der Waals surface area contributed by atoms with Gasteiger partial charge in [-0.25, -0.2) is 0 Å². The van der Waals surface area contributed by atoms with Crippen molar-refractivity contribution in [3.05, 3.63) is 46.4 Å². The number of rotatable bonds is 4. The second-order valence-corrected chi connectivity index (χ2v) is 4.94. The van der Waals surface area contributed by atoms with E-state index in [0.29, 0.717) is 10.7 Å². The van der Waals surface area contributed by atoms with Gasteiger partial charge in [0.1, 0.15) is 10.7 Å². The predicted octanol–water partition coefficient (Wildman–Crippen LogP) is 2.41. The first-order chi connectivity index (χ1) is 8.18. The van der Waals surface area contributed by atoms with Gasteiger partial charge >= 0.3 is 0 Å². The highest BCUT2D eigenvalue weighted by Gasteiger charge is 2.10. The summed E-state index contributed by atoms with van der Waals surface area (Å²) in [6.45, 7) is 0.824. The van der Waals surface area contributed by atoms with Gasteiger partial charge in [-0.15, -0.1) is 0 Å². The summed E-state index contributed by atoms with van der Waals surface area (Å²) in [5.41, 5.74) is 8.59. The van der Waals surface area contributed by atoms with E-state index in [2.05, 4.69) is 26.7 Å². The second kappa shape index (κ2) is 5.25. The van der Waals surface area contributed by atoms with Crippen LogP contribution in [-0.2, 0) is 6.54 Å². The normalized spacial score (nSPS) is 10.2. The number of anilines is 1. The zero-order valence-corrected chi connectivity index (χ0v) is 11.1. The van der Waals surface area contributed by atoms with Gasteiger partial charge in [0, 0.05) is 19.8 Å². The third-order valence-electron chi connectivity index (χ3n) is 2.43. The summed E-state index contributed by atoms with van der Waals surface area (Å²) >= 11 is 6.70. The Morgan fingerprint density at radius 2 is 2.35 bits per heavy atom. The van der Waals surface area contributed by atoms with Crippen LogP contribution in [0.1, 0.15) is 11.3 Å². The van der Waals surface area contributed by atoms with E-state index in [-0.39, 0.29) is 0 Å². The van der Waals surface area contributed by atoms with Gasteiger partial charge in [0.2, 0.25) is 0 Å². The average Bonchev–Trinajstić information content (AvgIpc) is 2.81. The van der Waals surface area contributed by atoms with Gasteiger partial charge in [-0.1, -0.05) is 12.2 Å². The monoisotopic (exact) mass is 263 g/mol. The van der Waals surface area contributed by atoms with E-state index in [9.17, 15) is 0 Å². The van der Waals surface area contributed by atoms with Crippen molar-refractivity contribution in [2.24, 2.45) is 5.73 Å². The standard InChI is InChI=1S/C12H13N3S2/c1-15(7-9-4-6-17-8-9)10-3-2-5-14-11(10)12(13)16/h2-6,8H,7H2,1H3,(H2,13,16). The van der Waals surface area contributed by atoms with Crippen molar-refractivity contribution in [2.45, 2.75) is 6.54 Å². The van der Waals surface area contributed by atoms with Crippen molar-refractivity contribution < 1.29 is 0 Å². The van der Waals surface area contributed by atoms with E-state index in [1.807, 2.05) is 19.2 Å². The fraction of sp³-hybridized carbons (Fsp3) is 0.167. The molecule has 0 aliphatic carbocycles. The predicted molar refractivity (Wildman–Crippen MR) is 76.6 cm³/mol. The second-order valence-electron chi connectivity index (χ2n) is 3.72. The van der Waals surface area contributed by atoms with Crippen molar-refractivity contribution >= 4 is 34.2 Å². The van der Waals surface area contributed by atoms with Crippen LogP contribution in [0.25, 0.3) is 0 Å². The molecule has 0 aliphatic heterocycles. The topological polar surface area (TPSA) is 42.2 Å². The van der Waals surface area contributed by atoms with E-state index in [1.54, 1.807) is 17.5 Å². The summed E-state index contributed by atoms with van der Waals surface area (Å²) in [7, 11) is 2.01. The minimum absolute atomic E-state index is 0.331. The van der Waals surface area contributed by atoms with Crippen molar-refractivity contribution in [2.75, 3.05) is 11.9 Å². The van der Waals surface area contributed by atoms with Gasteiger partial charge in [-0.2, -0.15) is 11.3 Å². The number of nitrogens with zero attached hydrogens (tertiary/aromatic N) is 2. The summed E-state index contributed by atoms with van der Waals surface area (Å²) in [4.78, 5) is 6.66. The average molecular weight is 263 g/mol. The lowest BCUT2D eigenvalue weighted by Crippen LogP contribution is -2.22. The molecule has 0 fully saturated rings. The molecule has 88 valence electrons. The third-order valence-corrected chi connectivity index (χ3v) is 3.36. The van der Waals surface area contributed by atoms with Crippen LogP contribution < -0.4 is 10.6 Å². The number of nitrogens with two attached hydrogens (primary N) is 1. The van der Waals surface area contributed by atoms with E-state index >= 15 is 0 Å². The first kappa shape index (κ1) is 12.0. The lowest BCUT2D eigenvalue weighted by Gasteiger charge is -2.20. The minimum atomic E-state index is 0.331. The Balaban J connectivity index is 2.24. The molecule has 0 spiro atoms. The maximum absolute atomic E-state index is 5.67. The van der Waals surface area contributed by atoms with E-state index in [1.165, 1.54) is 5.56 Å². The molecule has 0 saturated carbocycles. The fourth-order valence-corrected chi connectivity index (χ4v) is 2.45. The molecule has 0 bridgehead atoms. The van der Waals surface area contributed by atoms with Crippen molar-refractivity contribution in [3.8, 4) is 0 Å². The van der Waals surface area contributed by atoms with Crippen molar-refractivity contribution in [3.63, 3.8) is 0 Å². The Bertz CT molecular complexity index is 508. The van der Waals surface area contributed by atoms with Gasteiger partial charge in [0.25, 0.3) is 0 Å². The first-order valence-electron chi connectivity index (χ1n) is 5.15. The van der Waals surface area contributed by atoms with Crippen LogP contribution in [0, 0.1) is 0 Å². The van der Waals surface area contributed by atoms with E-state index in [4.69, 9.17) is 18.0 Å². The molecule has 2 aromatic heterocycles. The molecule has 17 heavy (non-hydrogen) atoms. The SMILES string of the molecule is CN(Cc1ccsc1)c1cccnc1C(N)=S. The van der Waals surface area contributed by atoms with Crippen molar-refractivity contribution in [1.29, 1.82) is 0 Å². The molecule has 0 aromatic carbocycles. The van der Waals surface area contributed by atoms with Crippen LogP contribution in [0.2, 0.25) is 0 Å². The minimum Gasteiger partial charge on any atom is -0.388 e. The van der Waals surface area contributed by atoms with Gasteiger partial charge in [0.05, 0.1) is 5.69 Å². The maximum Gasteiger partial charge on any atom is 0.124 e. The Morgan fingerprint density at radius 1 is 1.53 bits per heavy atom. The summed E-state index contributed by atoms with van der Waals surface area (Å²) in [6.07, 6.45) is 1.70. The fourth-order valence-electron chi connectivity index (χ4n) is 1.64. The van der Waals surface area contributed by atoms with Crippen LogP contribution >= 0.6 is 23.6 Å². The molecule has 0 saturated heterocycles. The van der Waals surface area contributed by atoms with Gasteiger partial charge in [-0.05, 0) is 34.5 Å². The van der Waals surface area contributed by atoms with E-state index in [0.717, 1.165) is 12.2 Å². The van der Waals surface area contributed by atoms with Gasteiger partial charge < -0.3 is 10.6 Å². The summed E-state index contributed by atoms with van der Waals surface area (Å²) in [6, 6.07) is 5.98. The molecule has 2 N–H and O–H groups in total. The molecular formula is C12H13N3S2. The molecule has 0 atom stereocenters. The molecule has 0 amide bonds. The first-order valence-corrected chi connectivity index (χ1v) is 6.50. The molecule has 3 nitrogen and oxygen atoms in total. The third kappa shape index (κ3) is 2.81. The van der Waals surface area contributed by atoms with Crippen LogP contribution in [-0.4, -0.2) is 17.0 Å². The number of aromatic nitrogens is 1. The molecule has 2 heterocycles. The Labute approximate surface area is 110 Å². The number of hydrogen-bond acceptors (Lipinski definition) is 4. The lowest BCUT2D eigenvalue weighted by atomic mass is 10.2. The van der Waals surface area contributed by atoms with Gasteiger partial charge in [-0.3, -0.25) is 4.98 Å². The zero-order valence-electron chi connectivity index (χ0n) is 9.46. The van der Waals surface area contributed by atoms with Crippen LogP contribution in [0.4, 0.5) is 5.69 Å². The highest BCUT2D eigenvalue weighted by Crippen LogP contribution is 2.19. The molecule has 2 aromatic rings. The summed E-state index contributed by atoms with van der Waals surface area (Å²) < 4.78 is 0. The Morgan fingerprint density at radius 3 is 3.00 bits per heavy atom. The maximum atomic E-state index is 5.67. The summed E-state index contributed by atoms with van der Waals surface area (Å²) in [5.74, 6) is 0. The largest absolute Gasteiger partial charge is 0.388 e. The van der Waals surface area contributed by atoms with Crippen LogP contribution in [0.5, 0.6) is 0 Å². The number of pyridine rings is 1. The Kier molecular flexibility index (Phi) is 3.71. The molecule has 0 aliphatic rings. The molecular weight excluding hydrogens is 250 g/mol. The molecule has 0 unspecified atom stereocenters. The highest BCUT2D eigenvalue weighted by molar-refractivity contribution is 7.80. The van der Waals surface area contributed by atoms with E-state index < -0.39 is 0 Å². The molecule has 0 radical (unpaired) electrons. The summed E-state index contributed by atoms with van der Waals surface area (Å²) in [5, 5.41) is 4.20. The highest BCUT2D eigenvalue weighted by atomic mass is 32.1. The number of thiophene rings is 1. The number of thiocarbonyl (C=S) groups is 1. The van der Waals surface area contributed by atoms with Gasteiger partial charge in [0.15, 0.2) is 0 Å². The van der Waals surface area contributed by atoms with Crippen molar-refractivity contribution in [1.82, 2.24) is 4.98 Å².